The Morgan fingerprint density at radius 3 is 2.62 bits per heavy atom. The highest BCUT2D eigenvalue weighted by Crippen LogP contribution is 2.33. The second-order valence-corrected chi connectivity index (χ2v) is 5.45. The zero-order valence-corrected chi connectivity index (χ0v) is 13.8. The zero-order valence-electron chi connectivity index (χ0n) is 12.3. The van der Waals surface area contributed by atoms with Crippen molar-refractivity contribution in [3.8, 4) is 5.75 Å². The number of hydrogen-bond acceptors (Lipinski definition) is 4. The number of nitrogens with zero attached hydrogens (tertiary/aromatic N) is 1. The van der Waals surface area contributed by atoms with E-state index in [1.807, 2.05) is 0 Å². The van der Waals surface area contributed by atoms with Crippen molar-refractivity contribution >= 4 is 34.8 Å². The fraction of sp³-hybridized carbons (Fsp3) is 0.133. The van der Waals surface area contributed by atoms with E-state index in [0.29, 0.717) is 5.56 Å². The number of benzene rings is 2. The smallest absolute Gasteiger partial charge is 0.288 e. The molecule has 1 N–H and O–H groups in total. The normalized spacial score (nSPS) is 10.3. The van der Waals surface area contributed by atoms with Gasteiger partial charge in [0.15, 0.2) is 11.6 Å². The summed E-state index contributed by atoms with van der Waals surface area (Å²) in [6, 6.07) is 6.52. The lowest BCUT2D eigenvalue weighted by Gasteiger charge is -2.10. The average molecular weight is 373 g/mol. The molecule has 0 saturated carbocycles. The largest absolute Gasteiger partial charge is 0.494 e. The third-order valence-corrected chi connectivity index (χ3v) is 3.86. The van der Waals surface area contributed by atoms with E-state index in [0.717, 1.165) is 6.07 Å². The van der Waals surface area contributed by atoms with Gasteiger partial charge in [-0.3, -0.25) is 14.9 Å². The first-order valence-electron chi connectivity index (χ1n) is 6.58. The van der Waals surface area contributed by atoms with E-state index >= 15 is 0 Å². The molecule has 0 saturated heterocycles. The molecule has 0 atom stereocenters. The Bertz CT molecular complexity index is 814. The summed E-state index contributed by atoms with van der Waals surface area (Å²) in [5.41, 5.74) is -0.164. The van der Waals surface area contributed by atoms with Gasteiger partial charge in [0.2, 0.25) is 0 Å². The molecule has 0 aliphatic carbocycles. The van der Waals surface area contributed by atoms with Gasteiger partial charge in [0.25, 0.3) is 11.6 Å². The molecule has 2 rings (SSSR count). The quantitative estimate of drug-likeness (QED) is 0.635. The van der Waals surface area contributed by atoms with E-state index < -0.39 is 22.3 Å². The maximum absolute atomic E-state index is 13.6. The fourth-order valence-corrected chi connectivity index (χ4v) is 2.59. The number of ether oxygens (including phenoxy) is 1. The Balaban J connectivity index is 2.20. The van der Waals surface area contributed by atoms with Crippen LogP contribution in [0.3, 0.4) is 0 Å². The molecule has 0 spiro atoms. The Labute approximate surface area is 146 Å². The third-order valence-electron chi connectivity index (χ3n) is 3.16. The summed E-state index contributed by atoms with van der Waals surface area (Å²) in [5, 5.41) is 13.0. The first-order valence-corrected chi connectivity index (χ1v) is 7.33. The third kappa shape index (κ3) is 3.74. The van der Waals surface area contributed by atoms with Crippen molar-refractivity contribution < 1.29 is 18.8 Å². The molecule has 0 radical (unpaired) electrons. The van der Waals surface area contributed by atoms with Crippen molar-refractivity contribution in [2.24, 2.45) is 0 Å². The number of carbonyl (C=O) groups is 1. The summed E-state index contributed by atoms with van der Waals surface area (Å²) in [5.74, 6) is -1.20. The second kappa shape index (κ2) is 7.46. The highest BCUT2D eigenvalue weighted by atomic mass is 35.5. The number of rotatable bonds is 5. The molecule has 0 aliphatic heterocycles. The second-order valence-electron chi connectivity index (χ2n) is 4.66. The molecule has 24 heavy (non-hydrogen) atoms. The number of methoxy groups -OCH3 is 1. The van der Waals surface area contributed by atoms with Crippen molar-refractivity contribution in [2.75, 3.05) is 7.11 Å². The Hall–Kier alpha value is -2.38. The van der Waals surface area contributed by atoms with Gasteiger partial charge in [-0.15, -0.1) is 0 Å². The number of hydrogen-bond donors (Lipinski definition) is 1. The van der Waals surface area contributed by atoms with Crippen LogP contribution in [-0.2, 0) is 6.54 Å². The molecule has 2 aromatic carbocycles. The molecule has 6 nitrogen and oxygen atoms in total. The van der Waals surface area contributed by atoms with Crippen molar-refractivity contribution in [1.29, 1.82) is 0 Å². The van der Waals surface area contributed by atoms with Crippen LogP contribution in [0.25, 0.3) is 0 Å². The summed E-state index contributed by atoms with van der Waals surface area (Å²) in [4.78, 5) is 22.4. The van der Waals surface area contributed by atoms with Crippen LogP contribution in [0.1, 0.15) is 15.9 Å². The van der Waals surface area contributed by atoms with Crippen LogP contribution >= 0.6 is 23.2 Å². The van der Waals surface area contributed by atoms with Crippen molar-refractivity contribution in [1.82, 2.24) is 5.32 Å². The highest BCUT2D eigenvalue weighted by Gasteiger charge is 2.23. The number of halogens is 3. The molecule has 0 aliphatic rings. The number of nitro groups is 1. The van der Waals surface area contributed by atoms with E-state index in [1.54, 1.807) is 6.07 Å². The molecule has 0 bridgehead atoms. The minimum Gasteiger partial charge on any atom is -0.494 e. The average Bonchev–Trinajstić information content (AvgIpc) is 2.52. The van der Waals surface area contributed by atoms with Gasteiger partial charge in [0.05, 0.1) is 22.6 Å². The summed E-state index contributed by atoms with van der Waals surface area (Å²) in [6.45, 7) is -0.0188. The molecule has 0 aromatic heterocycles. The van der Waals surface area contributed by atoms with Crippen LogP contribution in [0, 0.1) is 15.9 Å². The Kier molecular flexibility index (Phi) is 5.58. The van der Waals surface area contributed by atoms with Crippen molar-refractivity contribution in [2.45, 2.75) is 6.54 Å². The lowest BCUT2D eigenvalue weighted by Crippen LogP contribution is -2.23. The summed E-state index contributed by atoms with van der Waals surface area (Å²) >= 11 is 11.8. The van der Waals surface area contributed by atoms with Gasteiger partial charge in [0.1, 0.15) is 5.02 Å². The van der Waals surface area contributed by atoms with Gasteiger partial charge in [-0.05, 0) is 23.8 Å². The van der Waals surface area contributed by atoms with Crippen LogP contribution in [0.4, 0.5) is 10.1 Å². The van der Waals surface area contributed by atoms with Gasteiger partial charge < -0.3 is 10.1 Å². The minimum atomic E-state index is -0.714. The predicted molar refractivity (Wildman–Crippen MR) is 87.2 cm³/mol. The maximum atomic E-state index is 13.6. The summed E-state index contributed by atoms with van der Waals surface area (Å²) < 4.78 is 18.4. The lowest BCUT2D eigenvalue weighted by molar-refractivity contribution is -0.384. The molecular formula is C15H11Cl2FN2O4. The fourth-order valence-electron chi connectivity index (χ4n) is 1.98. The van der Waals surface area contributed by atoms with Crippen LogP contribution in [0.15, 0.2) is 30.3 Å². The number of amides is 1. The van der Waals surface area contributed by atoms with Gasteiger partial charge in [-0.2, -0.15) is 0 Å². The molecule has 0 unspecified atom stereocenters. The van der Waals surface area contributed by atoms with Crippen LogP contribution in [0.5, 0.6) is 5.75 Å². The van der Waals surface area contributed by atoms with Crippen LogP contribution in [-0.4, -0.2) is 17.9 Å². The van der Waals surface area contributed by atoms with Crippen molar-refractivity contribution in [3.05, 3.63) is 67.4 Å². The predicted octanol–water partition coefficient (Wildman–Crippen LogP) is 3.98. The first-order chi connectivity index (χ1) is 11.3. The topological polar surface area (TPSA) is 81.5 Å². The first kappa shape index (κ1) is 18.0. The monoisotopic (exact) mass is 372 g/mol. The molecule has 0 heterocycles. The van der Waals surface area contributed by atoms with Gasteiger partial charge >= 0.3 is 0 Å². The minimum absolute atomic E-state index is 0.0188. The Morgan fingerprint density at radius 2 is 2.04 bits per heavy atom. The molecule has 9 heteroatoms. The summed E-state index contributed by atoms with van der Waals surface area (Å²) in [6.07, 6.45) is 0. The van der Waals surface area contributed by atoms with Gasteiger partial charge in [-0.1, -0.05) is 29.3 Å². The van der Waals surface area contributed by atoms with E-state index in [1.165, 1.54) is 25.3 Å². The Morgan fingerprint density at radius 1 is 1.33 bits per heavy atom. The number of nitrogens with one attached hydrogen (secondary N) is 1. The van der Waals surface area contributed by atoms with E-state index in [2.05, 4.69) is 5.32 Å². The lowest BCUT2D eigenvalue weighted by atomic mass is 10.1. The zero-order chi connectivity index (χ0) is 17.9. The molecule has 126 valence electrons. The maximum Gasteiger partial charge on any atom is 0.288 e. The van der Waals surface area contributed by atoms with E-state index in [-0.39, 0.29) is 27.9 Å². The van der Waals surface area contributed by atoms with Crippen LogP contribution in [0.2, 0.25) is 10.0 Å². The van der Waals surface area contributed by atoms with Crippen LogP contribution < -0.4 is 10.1 Å². The van der Waals surface area contributed by atoms with E-state index in [9.17, 15) is 19.3 Å². The van der Waals surface area contributed by atoms with E-state index in [4.69, 9.17) is 27.9 Å². The standard InChI is InChI=1S/C15H11Cl2FN2O4/c1-24-12-5-2-8(6-10(12)18)7-19-15(21)13-9(16)3-4-11(14(13)17)20(22)23/h2-6H,7H2,1H3,(H,19,21). The highest BCUT2D eigenvalue weighted by molar-refractivity contribution is 6.41. The SMILES string of the molecule is COc1ccc(CNC(=O)c2c(Cl)ccc([N+](=O)[O-])c2Cl)cc1F. The molecule has 2 aromatic rings. The molecule has 0 fully saturated rings. The molecule has 1 amide bonds. The van der Waals surface area contributed by atoms with Crippen molar-refractivity contribution in [3.63, 3.8) is 0 Å². The van der Waals surface area contributed by atoms with Gasteiger partial charge in [0, 0.05) is 12.6 Å². The number of carbonyl (C=O) groups excluding carboxylic acids is 1. The number of nitro benzene ring substituents is 1. The molecular weight excluding hydrogens is 362 g/mol. The summed E-state index contributed by atoms with van der Waals surface area (Å²) in [7, 11) is 1.34. The van der Waals surface area contributed by atoms with Gasteiger partial charge in [-0.25, -0.2) is 4.39 Å².